The monoisotopic (exact) mass is 334 g/mol. The molecule has 0 unspecified atom stereocenters. The van der Waals surface area contributed by atoms with Gasteiger partial charge in [0.15, 0.2) is 0 Å². The smallest absolute Gasteiger partial charge is 0.122 e. The zero-order valence-electron chi connectivity index (χ0n) is 14.5. The Kier molecular flexibility index (Phi) is 4.66. The predicted octanol–water partition coefficient (Wildman–Crippen LogP) is 4.60. The Morgan fingerprint density at radius 3 is 1.84 bits per heavy atom. The van der Waals surface area contributed by atoms with Crippen LogP contribution in [-0.4, -0.2) is 15.3 Å². The Labute approximate surface area is 147 Å². The van der Waals surface area contributed by atoms with E-state index in [-0.39, 0.29) is 11.5 Å². The van der Waals surface area contributed by atoms with Gasteiger partial charge in [-0.1, -0.05) is 42.0 Å². The standard InChI is InChI=1S/C22H22O3/c1-14-9-18(12-16-3-6-20(23)7-4-16)22(25)19(10-14)13-17-5-8-21(24)15(2)11-17/h3-11,23-25H,12-13H2,1-2H3. The van der Waals surface area contributed by atoms with Gasteiger partial charge in [-0.2, -0.15) is 0 Å². The van der Waals surface area contributed by atoms with E-state index in [4.69, 9.17) is 0 Å². The lowest BCUT2D eigenvalue weighted by Gasteiger charge is -2.13. The van der Waals surface area contributed by atoms with Crippen LogP contribution in [-0.2, 0) is 12.8 Å². The van der Waals surface area contributed by atoms with Crippen LogP contribution in [0.1, 0.15) is 33.4 Å². The van der Waals surface area contributed by atoms with Crippen LogP contribution in [0, 0.1) is 13.8 Å². The van der Waals surface area contributed by atoms with Crippen LogP contribution in [0.25, 0.3) is 0 Å². The molecule has 0 aliphatic carbocycles. The van der Waals surface area contributed by atoms with Gasteiger partial charge in [0.1, 0.15) is 17.2 Å². The van der Waals surface area contributed by atoms with Gasteiger partial charge in [0.25, 0.3) is 0 Å². The average Bonchev–Trinajstić information content (AvgIpc) is 2.57. The van der Waals surface area contributed by atoms with E-state index in [1.54, 1.807) is 18.2 Å². The molecule has 0 spiro atoms. The van der Waals surface area contributed by atoms with Gasteiger partial charge in [-0.25, -0.2) is 0 Å². The quantitative estimate of drug-likeness (QED) is 0.653. The Morgan fingerprint density at radius 1 is 0.680 bits per heavy atom. The summed E-state index contributed by atoms with van der Waals surface area (Å²) in [6.45, 7) is 3.89. The van der Waals surface area contributed by atoms with Crippen molar-refractivity contribution in [1.29, 1.82) is 0 Å². The fourth-order valence-corrected chi connectivity index (χ4v) is 3.08. The molecule has 0 saturated carbocycles. The molecule has 128 valence electrons. The maximum absolute atomic E-state index is 10.7. The predicted molar refractivity (Wildman–Crippen MR) is 99.4 cm³/mol. The zero-order chi connectivity index (χ0) is 18.0. The van der Waals surface area contributed by atoms with Crippen molar-refractivity contribution in [3.63, 3.8) is 0 Å². The molecule has 0 aromatic heterocycles. The van der Waals surface area contributed by atoms with Crippen molar-refractivity contribution >= 4 is 0 Å². The fraction of sp³-hybridized carbons (Fsp3) is 0.182. The van der Waals surface area contributed by atoms with Crippen molar-refractivity contribution in [3.05, 3.63) is 88.0 Å². The normalized spacial score (nSPS) is 10.8. The van der Waals surface area contributed by atoms with Crippen molar-refractivity contribution in [2.24, 2.45) is 0 Å². The van der Waals surface area contributed by atoms with E-state index >= 15 is 0 Å². The summed E-state index contributed by atoms with van der Waals surface area (Å²) in [5.41, 5.74) is 5.75. The Hall–Kier alpha value is -2.94. The van der Waals surface area contributed by atoms with E-state index in [0.29, 0.717) is 18.6 Å². The number of rotatable bonds is 4. The Morgan fingerprint density at radius 2 is 1.24 bits per heavy atom. The second-order valence-corrected chi connectivity index (χ2v) is 6.57. The Balaban J connectivity index is 1.91. The molecule has 0 aliphatic heterocycles. The van der Waals surface area contributed by atoms with E-state index in [9.17, 15) is 15.3 Å². The maximum atomic E-state index is 10.7. The first-order valence-corrected chi connectivity index (χ1v) is 8.30. The van der Waals surface area contributed by atoms with Gasteiger partial charge in [-0.05, 0) is 59.9 Å². The molecule has 0 heterocycles. The minimum absolute atomic E-state index is 0.237. The number of benzene rings is 3. The summed E-state index contributed by atoms with van der Waals surface area (Å²) in [5.74, 6) is 0.829. The molecule has 3 rings (SSSR count). The molecule has 0 saturated heterocycles. The third kappa shape index (κ3) is 3.94. The molecule has 3 heteroatoms. The third-order valence-electron chi connectivity index (χ3n) is 4.40. The summed E-state index contributed by atoms with van der Waals surface area (Å²) in [6.07, 6.45) is 1.21. The molecule has 0 fully saturated rings. The SMILES string of the molecule is Cc1cc(Cc2ccc(O)cc2)c(O)c(Cc2ccc(O)c(C)c2)c1. The summed E-state index contributed by atoms with van der Waals surface area (Å²) >= 11 is 0. The van der Waals surface area contributed by atoms with Crippen molar-refractivity contribution in [3.8, 4) is 17.2 Å². The third-order valence-corrected chi connectivity index (χ3v) is 4.40. The molecule has 3 aromatic carbocycles. The number of phenols is 3. The average molecular weight is 334 g/mol. The van der Waals surface area contributed by atoms with Gasteiger partial charge < -0.3 is 15.3 Å². The number of phenolic OH excluding ortho intramolecular Hbond substituents is 3. The first-order valence-electron chi connectivity index (χ1n) is 8.30. The molecule has 3 aromatic rings. The van der Waals surface area contributed by atoms with Crippen LogP contribution in [0.5, 0.6) is 17.2 Å². The van der Waals surface area contributed by atoms with Crippen LogP contribution in [0.15, 0.2) is 54.6 Å². The lowest BCUT2D eigenvalue weighted by atomic mass is 9.95. The maximum Gasteiger partial charge on any atom is 0.122 e. The van der Waals surface area contributed by atoms with Gasteiger partial charge in [-0.15, -0.1) is 0 Å². The van der Waals surface area contributed by atoms with Gasteiger partial charge in [0, 0.05) is 12.8 Å². The van der Waals surface area contributed by atoms with Crippen molar-refractivity contribution in [2.75, 3.05) is 0 Å². The lowest BCUT2D eigenvalue weighted by molar-refractivity contribution is 0.463. The second kappa shape index (κ2) is 6.89. The van der Waals surface area contributed by atoms with Gasteiger partial charge in [0.05, 0.1) is 0 Å². The minimum atomic E-state index is 0.237. The highest BCUT2D eigenvalue weighted by Gasteiger charge is 2.11. The van der Waals surface area contributed by atoms with Crippen molar-refractivity contribution in [2.45, 2.75) is 26.7 Å². The van der Waals surface area contributed by atoms with E-state index in [0.717, 1.165) is 33.4 Å². The molecule has 0 bridgehead atoms. The highest BCUT2D eigenvalue weighted by atomic mass is 16.3. The van der Waals surface area contributed by atoms with Gasteiger partial charge >= 0.3 is 0 Å². The lowest BCUT2D eigenvalue weighted by Crippen LogP contribution is -1.96. The molecule has 0 radical (unpaired) electrons. The molecule has 0 amide bonds. The molecule has 0 atom stereocenters. The molecule has 3 nitrogen and oxygen atoms in total. The topological polar surface area (TPSA) is 60.7 Å². The first-order chi connectivity index (χ1) is 11.9. The highest BCUT2D eigenvalue weighted by molar-refractivity contribution is 5.48. The number of hydrogen-bond donors (Lipinski definition) is 3. The number of aryl methyl sites for hydroxylation is 2. The van der Waals surface area contributed by atoms with Crippen LogP contribution in [0.3, 0.4) is 0 Å². The van der Waals surface area contributed by atoms with E-state index in [1.807, 2.05) is 50.2 Å². The summed E-state index contributed by atoms with van der Waals surface area (Å²) in [4.78, 5) is 0. The van der Waals surface area contributed by atoms with E-state index < -0.39 is 0 Å². The van der Waals surface area contributed by atoms with Crippen LogP contribution in [0.2, 0.25) is 0 Å². The summed E-state index contributed by atoms with van der Waals surface area (Å²) in [7, 11) is 0. The number of aromatic hydroxyl groups is 3. The van der Waals surface area contributed by atoms with Gasteiger partial charge in [-0.3, -0.25) is 0 Å². The summed E-state index contributed by atoms with van der Waals surface area (Å²) < 4.78 is 0. The van der Waals surface area contributed by atoms with Crippen LogP contribution >= 0.6 is 0 Å². The van der Waals surface area contributed by atoms with Crippen LogP contribution in [0.4, 0.5) is 0 Å². The largest absolute Gasteiger partial charge is 0.508 e. The highest BCUT2D eigenvalue weighted by Crippen LogP contribution is 2.30. The van der Waals surface area contributed by atoms with Gasteiger partial charge in [0.2, 0.25) is 0 Å². The molecule has 0 aliphatic rings. The molecule has 25 heavy (non-hydrogen) atoms. The fourth-order valence-electron chi connectivity index (χ4n) is 3.08. The molecular formula is C22H22O3. The molecular weight excluding hydrogens is 312 g/mol. The first kappa shape index (κ1) is 16.9. The van der Waals surface area contributed by atoms with Crippen LogP contribution < -0.4 is 0 Å². The second-order valence-electron chi connectivity index (χ2n) is 6.57. The van der Waals surface area contributed by atoms with E-state index in [1.165, 1.54) is 0 Å². The Bertz CT molecular complexity index is 896. The summed E-state index contributed by atoms with van der Waals surface area (Å²) in [6, 6.07) is 16.5. The zero-order valence-corrected chi connectivity index (χ0v) is 14.5. The minimum Gasteiger partial charge on any atom is -0.508 e. The summed E-state index contributed by atoms with van der Waals surface area (Å²) in [5, 5.41) is 29.8. The molecule has 3 N–H and O–H groups in total. The van der Waals surface area contributed by atoms with E-state index in [2.05, 4.69) is 0 Å². The number of hydrogen-bond acceptors (Lipinski definition) is 3. The van der Waals surface area contributed by atoms with Crippen molar-refractivity contribution in [1.82, 2.24) is 0 Å². The van der Waals surface area contributed by atoms with Crippen molar-refractivity contribution < 1.29 is 15.3 Å².